The van der Waals surface area contributed by atoms with Gasteiger partial charge in [0.25, 0.3) is 10.0 Å². The van der Waals surface area contributed by atoms with Crippen LogP contribution in [0.2, 0.25) is 0 Å². The summed E-state index contributed by atoms with van der Waals surface area (Å²) in [4.78, 5) is 4.38. The number of hydrogen-bond donors (Lipinski definition) is 3. The van der Waals surface area contributed by atoms with E-state index in [0.29, 0.717) is 29.6 Å². The monoisotopic (exact) mass is 672 g/mol. The van der Waals surface area contributed by atoms with E-state index in [4.69, 9.17) is 21.9 Å². The van der Waals surface area contributed by atoms with Crippen molar-refractivity contribution in [3.8, 4) is 0 Å². The summed E-state index contributed by atoms with van der Waals surface area (Å²) >= 11 is 0. The zero-order valence-electron chi connectivity index (χ0n) is 24.6. The normalized spacial score (nSPS) is 11.6. The second-order valence-corrected chi connectivity index (χ2v) is 11.8. The highest BCUT2D eigenvalue weighted by Gasteiger charge is 2.39. The molecule has 44 heavy (non-hydrogen) atoms. The number of nitrogen functional groups attached to an aromatic ring is 1. The number of alkyl halides is 3. The first-order chi connectivity index (χ1) is 19.8. The standard InChI is InChI=1S/C30H35F3N6O2S.2ClH/c1-4-23-26(14-11-20(16-17-34)28(23)30(31,32)33)42(40,41)39(5-2)22-12-13-25-24(18-22)37-27(38(25)3)15-8-19-6-9-21(10-7-19)29(35)36;;/h6-7,9-14,18H,4-5,8,15-17,34H2,1-3H3,(H3,35,36);2*1H. The van der Waals surface area contributed by atoms with Gasteiger partial charge in [-0.05, 0) is 73.7 Å². The van der Waals surface area contributed by atoms with Crippen LogP contribution in [0.5, 0.6) is 0 Å². The van der Waals surface area contributed by atoms with Crippen molar-refractivity contribution in [1.29, 1.82) is 5.41 Å². The Morgan fingerprint density at radius 1 is 1.00 bits per heavy atom. The van der Waals surface area contributed by atoms with Crippen molar-refractivity contribution >= 4 is 57.4 Å². The zero-order valence-corrected chi connectivity index (χ0v) is 27.1. The molecule has 0 saturated heterocycles. The molecule has 4 rings (SSSR count). The Bertz CT molecular complexity index is 1730. The van der Waals surface area contributed by atoms with Crippen LogP contribution in [0, 0.1) is 5.41 Å². The molecule has 8 nitrogen and oxygen atoms in total. The van der Waals surface area contributed by atoms with Crippen molar-refractivity contribution < 1.29 is 21.6 Å². The van der Waals surface area contributed by atoms with Crippen LogP contribution in [0.3, 0.4) is 0 Å². The molecular formula is C30H37Cl2F3N6O2S. The topological polar surface area (TPSA) is 131 Å². The number of anilines is 1. The van der Waals surface area contributed by atoms with Gasteiger partial charge in [0.15, 0.2) is 0 Å². The lowest BCUT2D eigenvalue weighted by molar-refractivity contribution is -0.139. The second kappa shape index (κ2) is 14.6. The van der Waals surface area contributed by atoms with Crippen LogP contribution >= 0.6 is 24.8 Å². The molecule has 0 spiro atoms. The van der Waals surface area contributed by atoms with E-state index in [-0.39, 0.29) is 72.6 Å². The molecule has 0 aliphatic carbocycles. The first kappa shape index (κ1) is 36.9. The van der Waals surface area contributed by atoms with Crippen molar-refractivity contribution in [2.75, 3.05) is 17.4 Å². The number of hydrogen-bond acceptors (Lipinski definition) is 5. The average molecular weight is 674 g/mol. The zero-order chi connectivity index (χ0) is 30.8. The third-order valence-electron chi connectivity index (χ3n) is 7.41. The summed E-state index contributed by atoms with van der Waals surface area (Å²) in [5.74, 6) is 0.799. The van der Waals surface area contributed by atoms with Crippen molar-refractivity contribution in [2.45, 2.75) is 50.6 Å². The lowest BCUT2D eigenvalue weighted by atomic mass is 9.96. The summed E-state index contributed by atoms with van der Waals surface area (Å²) < 4.78 is 73.4. The van der Waals surface area contributed by atoms with Crippen LogP contribution in [0.25, 0.3) is 11.0 Å². The third kappa shape index (κ3) is 7.31. The predicted octanol–water partition coefficient (Wildman–Crippen LogP) is 5.78. The van der Waals surface area contributed by atoms with Gasteiger partial charge in [0.05, 0.1) is 27.2 Å². The first-order valence-corrected chi connectivity index (χ1v) is 15.1. The van der Waals surface area contributed by atoms with E-state index in [1.807, 2.05) is 23.7 Å². The third-order valence-corrected chi connectivity index (χ3v) is 9.40. The summed E-state index contributed by atoms with van der Waals surface area (Å²) in [7, 11) is -2.46. The molecule has 0 aliphatic heterocycles. The molecule has 1 aromatic heterocycles. The molecule has 0 atom stereocenters. The van der Waals surface area contributed by atoms with Gasteiger partial charge in [0.2, 0.25) is 0 Å². The Morgan fingerprint density at radius 2 is 1.66 bits per heavy atom. The maximum absolute atomic E-state index is 14.2. The molecule has 240 valence electrons. The fourth-order valence-electron chi connectivity index (χ4n) is 5.32. The van der Waals surface area contributed by atoms with Crippen LogP contribution < -0.4 is 15.8 Å². The van der Waals surface area contributed by atoms with Crippen LogP contribution in [-0.4, -0.2) is 36.9 Å². The molecule has 0 saturated carbocycles. The fraction of sp³-hybridized carbons (Fsp3) is 0.333. The molecule has 1 heterocycles. The lowest BCUT2D eigenvalue weighted by Crippen LogP contribution is -2.32. The molecule has 0 aliphatic rings. The van der Waals surface area contributed by atoms with E-state index < -0.39 is 21.8 Å². The van der Waals surface area contributed by atoms with Crippen molar-refractivity contribution in [1.82, 2.24) is 9.55 Å². The molecule has 4 aromatic rings. The molecule has 5 N–H and O–H groups in total. The van der Waals surface area contributed by atoms with Gasteiger partial charge in [-0.25, -0.2) is 13.4 Å². The van der Waals surface area contributed by atoms with Gasteiger partial charge in [-0.1, -0.05) is 37.3 Å². The van der Waals surface area contributed by atoms with Gasteiger partial charge in [-0.15, -0.1) is 24.8 Å². The molecular weight excluding hydrogens is 636 g/mol. The van der Waals surface area contributed by atoms with Crippen molar-refractivity contribution in [3.05, 3.63) is 88.2 Å². The molecule has 0 amide bonds. The summed E-state index contributed by atoms with van der Waals surface area (Å²) in [6.07, 6.45) is -3.54. The van der Waals surface area contributed by atoms with Crippen LogP contribution in [-0.2, 0) is 48.9 Å². The Labute approximate surface area is 268 Å². The summed E-state index contributed by atoms with van der Waals surface area (Å²) in [5, 5.41) is 7.53. The molecule has 0 unspecified atom stereocenters. The highest BCUT2D eigenvalue weighted by atomic mass is 35.5. The number of nitrogens with two attached hydrogens (primary N) is 2. The minimum Gasteiger partial charge on any atom is -0.384 e. The Hall–Kier alpha value is -3.32. The minimum atomic E-state index is -4.73. The van der Waals surface area contributed by atoms with Crippen molar-refractivity contribution in [2.24, 2.45) is 18.5 Å². The van der Waals surface area contributed by atoms with E-state index in [0.717, 1.165) is 21.2 Å². The molecule has 14 heteroatoms. The Morgan fingerprint density at radius 3 is 2.20 bits per heavy atom. The molecule has 0 fully saturated rings. The van der Waals surface area contributed by atoms with Gasteiger partial charge in [0, 0.05) is 25.6 Å². The van der Waals surface area contributed by atoms with Crippen LogP contribution in [0.4, 0.5) is 18.9 Å². The SMILES string of the molecule is CCc1c(S(=O)(=O)N(CC)c2ccc3c(c2)nc(CCc2ccc(C(=N)N)cc2)n3C)ccc(CCN)c1C(F)(F)F.Cl.Cl. The Balaban J connectivity index is 0.00000337. The summed E-state index contributed by atoms with van der Waals surface area (Å²) in [5.41, 5.74) is 13.3. The summed E-state index contributed by atoms with van der Waals surface area (Å²) in [6.45, 7) is 3.18. The maximum Gasteiger partial charge on any atom is 0.416 e. The van der Waals surface area contributed by atoms with Gasteiger partial charge in [-0.3, -0.25) is 9.71 Å². The van der Waals surface area contributed by atoms with E-state index in [1.165, 1.54) is 19.1 Å². The number of aromatic nitrogens is 2. The number of fused-ring (bicyclic) bond motifs is 1. The van der Waals surface area contributed by atoms with Gasteiger partial charge < -0.3 is 16.0 Å². The summed E-state index contributed by atoms with van der Waals surface area (Å²) in [6, 6.07) is 15.0. The van der Waals surface area contributed by atoms with Crippen LogP contribution in [0.15, 0.2) is 59.5 Å². The fourth-order valence-corrected chi connectivity index (χ4v) is 7.09. The number of imidazole rings is 1. The number of halogens is 5. The smallest absolute Gasteiger partial charge is 0.384 e. The highest BCUT2D eigenvalue weighted by molar-refractivity contribution is 7.92. The number of amidine groups is 1. The molecule has 3 aromatic carbocycles. The maximum atomic E-state index is 14.2. The number of rotatable bonds is 11. The van der Waals surface area contributed by atoms with E-state index >= 15 is 0 Å². The first-order valence-electron chi connectivity index (χ1n) is 13.7. The average Bonchev–Trinajstić information content (AvgIpc) is 3.25. The largest absolute Gasteiger partial charge is 0.416 e. The number of sulfonamides is 1. The van der Waals surface area contributed by atoms with Gasteiger partial charge >= 0.3 is 6.18 Å². The highest BCUT2D eigenvalue weighted by Crippen LogP contribution is 2.39. The number of aryl methyl sites for hydroxylation is 3. The molecule has 0 bridgehead atoms. The lowest BCUT2D eigenvalue weighted by Gasteiger charge is -2.26. The predicted molar refractivity (Wildman–Crippen MR) is 174 cm³/mol. The number of nitrogens with zero attached hydrogens (tertiary/aromatic N) is 3. The Kier molecular flexibility index (Phi) is 12.3. The van der Waals surface area contributed by atoms with Crippen molar-refractivity contribution in [3.63, 3.8) is 0 Å². The second-order valence-electron chi connectivity index (χ2n) is 10.0. The number of benzene rings is 3. The quantitative estimate of drug-likeness (QED) is 0.137. The minimum absolute atomic E-state index is 0. The van der Waals surface area contributed by atoms with Gasteiger partial charge in [0.1, 0.15) is 11.7 Å². The van der Waals surface area contributed by atoms with Crippen LogP contribution in [0.1, 0.15) is 47.5 Å². The van der Waals surface area contributed by atoms with E-state index in [9.17, 15) is 21.6 Å². The molecule has 0 radical (unpaired) electrons. The van der Waals surface area contributed by atoms with E-state index in [1.54, 1.807) is 37.3 Å². The van der Waals surface area contributed by atoms with Gasteiger partial charge in [-0.2, -0.15) is 13.2 Å². The number of nitrogens with one attached hydrogen (secondary N) is 1. The van der Waals surface area contributed by atoms with E-state index in [2.05, 4.69) is 0 Å².